The van der Waals surface area contributed by atoms with E-state index in [0.717, 1.165) is 24.1 Å². The van der Waals surface area contributed by atoms with Gasteiger partial charge in [0.15, 0.2) is 0 Å². The highest BCUT2D eigenvalue weighted by Gasteiger charge is 2.18. The van der Waals surface area contributed by atoms with Gasteiger partial charge < -0.3 is 9.84 Å². The quantitative estimate of drug-likeness (QED) is 0.808. The molecule has 0 atom stereocenters. The van der Waals surface area contributed by atoms with Crippen LogP contribution in [0.4, 0.5) is 10.7 Å². The Labute approximate surface area is 94.6 Å². The Balaban J connectivity index is 1.89. The zero-order chi connectivity index (χ0) is 11.5. The maximum atomic E-state index is 11.6. The Morgan fingerprint density at radius 3 is 2.62 bits per heavy atom. The Kier molecular flexibility index (Phi) is 3.12. The first-order valence-corrected chi connectivity index (χ1v) is 5.67. The van der Waals surface area contributed by atoms with Crippen molar-refractivity contribution in [3.05, 3.63) is 11.3 Å². The molecule has 0 radical (unpaired) electrons. The molecular formula is C11H17N3O2. The fourth-order valence-corrected chi connectivity index (χ4v) is 1.93. The number of hydrogen-bond acceptors (Lipinski definition) is 3. The van der Waals surface area contributed by atoms with E-state index in [4.69, 9.17) is 4.52 Å². The second kappa shape index (κ2) is 4.55. The molecule has 1 saturated carbocycles. The number of rotatable bonds is 2. The molecule has 0 aliphatic heterocycles. The number of anilines is 1. The molecular weight excluding hydrogens is 206 g/mol. The normalized spacial score (nSPS) is 16.4. The zero-order valence-electron chi connectivity index (χ0n) is 9.67. The predicted octanol–water partition coefficient (Wildman–Crippen LogP) is 2.36. The van der Waals surface area contributed by atoms with E-state index in [9.17, 15) is 4.79 Å². The monoisotopic (exact) mass is 223 g/mol. The molecule has 88 valence electrons. The first-order chi connectivity index (χ1) is 7.66. The molecule has 1 aliphatic carbocycles. The fraction of sp³-hybridized carbons (Fsp3) is 0.636. The second-order valence-corrected chi connectivity index (χ2v) is 4.30. The molecule has 5 nitrogen and oxygen atoms in total. The van der Waals surface area contributed by atoms with E-state index in [1.807, 2.05) is 13.8 Å². The van der Waals surface area contributed by atoms with Gasteiger partial charge in [-0.2, -0.15) is 0 Å². The Bertz CT molecular complexity index is 381. The van der Waals surface area contributed by atoms with Crippen molar-refractivity contribution >= 4 is 11.9 Å². The number of carbonyl (C=O) groups is 1. The van der Waals surface area contributed by atoms with Crippen LogP contribution in [0, 0.1) is 13.8 Å². The van der Waals surface area contributed by atoms with Gasteiger partial charge in [-0.05, 0) is 26.7 Å². The molecule has 0 unspecified atom stereocenters. The minimum Gasteiger partial charge on any atom is -0.338 e. The molecule has 1 heterocycles. The van der Waals surface area contributed by atoms with Crippen LogP contribution in [0.1, 0.15) is 36.9 Å². The van der Waals surface area contributed by atoms with Gasteiger partial charge in [0.05, 0.1) is 5.69 Å². The Morgan fingerprint density at radius 2 is 2.06 bits per heavy atom. The summed E-state index contributed by atoms with van der Waals surface area (Å²) in [7, 11) is 0. The van der Waals surface area contributed by atoms with E-state index >= 15 is 0 Å². The summed E-state index contributed by atoms with van der Waals surface area (Å²) in [4.78, 5) is 11.6. The predicted molar refractivity (Wildman–Crippen MR) is 60.4 cm³/mol. The van der Waals surface area contributed by atoms with Crippen LogP contribution in [0.25, 0.3) is 0 Å². The first-order valence-electron chi connectivity index (χ1n) is 5.67. The number of hydrogen-bond donors (Lipinski definition) is 2. The van der Waals surface area contributed by atoms with Gasteiger partial charge in [0.25, 0.3) is 0 Å². The minimum absolute atomic E-state index is 0.203. The van der Waals surface area contributed by atoms with E-state index in [0.29, 0.717) is 11.9 Å². The molecule has 2 amide bonds. The van der Waals surface area contributed by atoms with Crippen LogP contribution in [-0.4, -0.2) is 17.2 Å². The molecule has 1 aliphatic rings. The highest BCUT2D eigenvalue weighted by molar-refractivity contribution is 5.88. The molecule has 0 bridgehead atoms. The highest BCUT2D eigenvalue weighted by atomic mass is 16.5. The molecule has 0 spiro atoms. The average Bonchev–Trinajstić information content (AvgIpc) is 2.83. The summed E-state index contributed by atoms with van der Waals surface area (Å²) in [5, 5.41) is 9.39. The molecule has 16 heavy (non-hydrogen) atoms. The number of aryl methyl sites for hydroxylation is 1. The Morgan fingerprint density at radius 1 is 1.38 bits per heavy atom. The lowest BCUT2D eigenvalue weighted by atomic mass is 10.2. The number of nitrogens with zero attached hydrogens (tertiary/aromatic N) is 1. The van der Waals surface area contributed by atoms with Crippen molar-refractivity contribution in [2.24, 2.45) is 0 Å². The van der Waals surface area contributed by atoms with Crippen molar-refractivity contribution < 1.29 is 9.32 Å². The summed E-state index contributed by atoms with van der Waals surface area (Å²) < 4.78 is 5.01. The van der Waals surface area contributed by atoms with Gasteiger partial charge in [0.1, 0.15) is 0 Å². The molecule has 2 N–H and O–H groups in total. The van der Waals surface area contributed by atoms with Gasteiger partial charge >= 0.3 is 6.03 Å². The van der Waals surface area contributed by atoms with Crippen LogP contribution >= 0.6 is 0 Å². The third-order valence-electron chi connectivity index (χ3n) is 3.07. The standard InChI is InChI=1S/C11H17N3O2/c1-7-8(2)14-16-10(7)13-11(15)12-9-5-3-4-6-9/h9H,3-6H2,1-2H3,(H2,12,13,15). The van der Waals surface area contributed by atoms with Crippen LogP contribution in [0.15, 0.2) is 4.52 Å². The molecule has 1 fully saturated rings. The van der Waals surface area contributed by atoms with Gasteiger partial charge in [-0.15, -0.1) is 0 Å². The third kappa shape index (κ3) is 2.35. The van der Waals surface area contributed by atoms with Gasteiger partial charge in [0, 0.05) is 11.6 Å². The molecule has 5 heteroatoms. The lowest BCUT2D eigenvalue weighted by Gasteiger charge is -2.11. The molecule has 0 saturated heterocycles. The van der Waals surface area contributed by atoms with Crippen LogP contribution in [-0.2, 0) is 0 Å². The highest BCUT2D eigenvalue weighted by Crippen LogP contribution is 2.19. The average molecular weight is 223 g/mol. The maximum Gasteiger partial charge on any atom is 0.321 e. The largest absolute Gasteiger partial charge is 0.338 e. The van der Waals surface area contributed by atoms with Crippen molar-refractivity contribution in [2.45, 2.75) is 45.6 Å². The van der Waals surface area contributed by atoms with Crippen molar-refractivity contribution in [3.8, 4) is 0 Å². The second-order valence-electron chi connectivity index (χ2n) is 4.30. The van der Waals surface area contributed by atoms with Crippen LogP contribution in [0.2, 0.25) is 0 Å². The lowest BCUT2D eigenvalue weighted by molar-refractivity contribution is 0.247. The maximum absolute atomic E-state index is 11.6. The smallest absolute Gasteiger partial charge is 0.321 e. The number of urea groups is 1. The van der Waals surface area contributed by atoms with E-state index in [1.54, 1.807) is 0 Å². The summed E-state index contributed by atoms with van der Waals surface area (Å²) in [6, 6.07) is 0.107. The summed E-state index contributed by atoms with van der Waals surface area (Å²) in [5.74, 6) is 0.438. The van der Waals surface area contributed by atoms with E-state index in [-0.39, 0.29) is 6.03 Å². The summed E-state index contributed by atoms with van der Waals surface area (Å²) in [6.45, 7) is 3.72. The van der Waals surface area contributed by atoms with Gasteiger partial charge in [-0.25, -0.2) is 4.79 Å². The first kappa shape index (κ1) is 11.0. The summed E-state index contributed by atoms with van der Waals surface area (Å²) in [6.07, 6.45) is 4.54. The number of nitrogens with one attached hydrogen (secondary N) is 2. The van der Waals surface area contributed by atoms with Crippen LogP contribution < -0.4 is 10.6 Å². The minimum atomic E-state index is -0.203. The van der Waals surface area contributed by atoms with E-state index in [2.05, 4.69) is 15.8 Å². The Hall–Kier alpha value is -1.52. The topological polar surface area (TPSA) is 67.2 Å². The van der Waals surface area contributed by atoms with E-state index < -0.39 is 0 Å². The van der Waals surface area contributed by atoms with Gasteiger partial charge in [0.2, 0.25) is 5.88 Å². The number of aromatic nitrogens is 1. The van der Waals surface area contributed by atoms with Gasteiger partial charge in [-0.3, -0.25) is 5.32 Å². The summed E-state index contributed by atoms with van der Waals surface area (Å²) in [5.41, 5.74) is 1.68. The van der Waals surface area contributed by atoms with Crippen molar-refractivity contribution in [3.63, 3.8) is 0 Å². The van der Waals surface area contributed by atoms with Gasteiger partial charge in [-0.1, -0.05) is 18.0 Å². The SMILES string of the molecule is Cc1noc(NC(=O)NC2CCCC2)c1C. The molecule has 1 aromatic heterocycles. The van der Waals surface area contributed by atoms with Crippen molar-refractivity contribution in [2.75, 3.05) is 5.32 Å². The molecule has 0 aromatic carbocycles. The molecule has 1 aromatic rings. The van der Waals surface area contributed by atoms with E-state index in [1.165, 1.54) is 12.8 Å². The third-order valence-corrected chi connectivity index (χ3v) is 3.07. The zero-order valence-corrected chi connectivity index (χ0v) is 9.67. The van der Waals surface area contributed by atoms with Crippen molar-refractivity contribution in [1.82, 2.24) is 10.5 Å². The fourth-order valence-electron chi connectivity index (χ4n) is 1.93. The summed E-state index contributed by atoms with van der Waals surface area (Å²) >= 11 is 0. The van der Waals surface area contributed by atoms with Crippen molar-refractivity contribution in [1.29, 1.82) is 0 Å². The number of amides is 2. The van der Waals surface area contributed by atoms with Crippen LogP contribution in [0.3, 0.4) is 0 Å². The number of carbonyl (C=O) groups excluding carboxylic acids is 1. The van der Waals surface area contributed by atoms with Crippen LogP contribution in [0.5, 0.6) is 0 Å². The lowest BCUT2D eigenvalue weighted by Crippen LogP contribution is -2.36. The molecule has 2 rings (SSSR count).